The van der Waals surface area contributed by atoms with E-state index >= 15 is 0 Å². The van der Waals surface area contributed by atoms with Crippen LogP contribution in [0.1, 0.15) is 46.5 Å². The summed E-state index contributed by atoms with van der Waals surface area (Å²) in [4.78, 5) is 16.5. The second-order valence-electron chi connectivity index (χ2n) is 4.91. The third-order valence-corrected chi connectivity index (χ3v) is 2.19. The van der Waals surface area contributed by atoms with Crippen molar-refractivity contribution in [3.05, 3.63) is 0 Å². The van der Waals surface area contributed by atoms with Crippen LogP contribution >= 0.6 is 0 Å². The van der Waals surface area contributed by atoms with Gasteiger partial charge in [0, 0.05) is 13.0 Å². The van der Waals surface area contributed by atoms with E-state index in [1.807, 2.05) is 20.8 Å². The van der Waals surface area contributed by atoms with Gasteiger partial charge < -0.3 is 4.74 Å². The van der Waals surface area contributed by atoms with Gasteiger partial charge in [-0.25, -0.2) is 5.48 Å². The van der Waals surface area contributed by atoms with Crippen LogP contribution in [0, 0.1) is 0 Å². The van der Waals surface area contributed by atoms with Gasteiger partial charge in [-0.3, -0.25) is 9.63 Å². The molecule has 88 valence electrons. The highest BCUT2D eigenvalue weighted by Gasteiger charge is 2.17. The fourth-order valence-electron chi connectivity index (χ4n) is 1.43. The topological polar surface area (TPSA) is 47.6 Å². The van der Waals surface area contributed by atoms with Crippen molar-refractivity contribution >= 4 is 5.91 Å². The van der Waals surface area contributed by atoms with Crippen molar-refractivity contribution in [3.8, 4) is 0 Å². The first-order valence-corrected chi connectivity index (χ1v) is 5.56. The maximum absolute atomic E-state index is 11.4. The third-order valence-electron chi connectivity index (χ3n) is 2.19. The van der Waals surface area contributed by atoms with Crippen LogP contribution in [0.4, 0.5) is 0 Å². The lowest BCUT2D eigenvalue weighted by Crippen LogP contribution is -2.33. The molecule has 1 fully saturated rings. The molecule has 1 aliphatic heterocycles. The van der Waals surface area contributed by atoms with E-state index in [-0.39, 0.29) is 17.6 Å². The van der Waals surface area contributed by atoms with E-state index in [9.17, 15) is 4.79 Å². The average Bonchev–Trinajstić information content (AvgIpc) is 2.62. The van der Waals surface area contributed by atoms with Gasteiger partial charge in [0.1, 0.15) is 0 Å². The van der Waals surface area contributed by atoms with E-state index in [0.717, 1.165) is 25.9 Å². The van der Waals surface area contributed by atoms with Gasteiger partial charge in [-0.2, -0.15) is 0 Å². The molecule has 0 bridgehead atoms. The standard InChI is InChI=1S/C11H21NO3/c1-11(2,3)15-12-10(13)7-6-9-5-4-8-14-9/h9H,4-8H2,1-3H3,(H,12,13). The van der Waals surface area contributed by atoms with Crippen molar-refractivity contribution in [1.82, 2.24) is 5.48 Å². The number of hydrogen-bond acceptors (Lipinski definition) is 3. The molecule has 4 nitrogen and oxygen atoms in total. The Hall–Kier alpha value is -0.610. The predicted molar refractivity (Wildman–Crippen MR) is 57.2 cm³/mol. The van der Waals surface area contributed by atoms with Crippen molar-refractivity contribution in [2.45, 2.75) is 58.2 Å². The van der Waals surface area contributed by atoms with E-state index in [1.54, 1.807) is 0 Å². The van der Waals surface area contributed by atoms with Crippen molar-refractivity contribution in [2.75, 3.05) is 6.61 Å². The van der Waals surface area contributed by atoms with E-state index < -0.39 is 0 Å². The molecule has 15 heavy (non-hydrogen) atoms. The Morgan fingerprint density at radius 1 is 1.53 bits per heavy atom. The van der Waals surface area contributed by atoms with Crippen LogP contribution < -0.4 is 5.48 Å². The molecule has 0 aliphatic carbocycles. The summed E-state index contributed by atoms with van der Waals surface area (Å²) in [5, 5.41) is 0. The number of ether oxygens (including phenoxy) is 1. The van der Waals surface area contributed by atoms with E-state index in [2.05, 4.69) is 5.48 Å². The van der Waals surface area contributed by atoms with Gasteiger partial charge in [-0.15, -0.1) is 0 Å². The van der Waals surface area contributed by atoms with Crippen molar-refractivity contribution in [2.24, 2.45) is 0 Å². The molecule has 1 aliphatic rings. The Balaban J connectivity index is 2.08. The summed E-state index contributed by atoms with van der Waals surface area (Å²) in [5.41, 5.74) is 2.12. The first-order chi connectivity index (χ1) is 6.97. The van der Waals surface area contributed by atoms with E-state index in [1.165, 1.54) is 0 Å². The minimum absolute atomic E-state index is 0.0691. The SMILES string of the molecule is CC(C)(C)ONC(=O)CCC1CCCO1. The van der Waals surface area contributed by atoms with Crippen LogP contribution in [0.2, 0.25) is 0 Å². The Kier molecular flexibility index (Phi) is 4.54. The van der Waals surface area contributed by atoms with Crippen LogP contribution in [0.25, 0.3) is 0 Å². The zero-order valence-electron chi connectivity index (χ0n) is 9.84. The number of amides is 1. The van der Waals surface area contributed by atoms with Crippen LogP contribution in [0.15, 0.2) is 0 Å². The van der Waals surface area contributed by atoms with E-state index in [4.69, 9.17) is 9.57 Å². The molecule has 4 heteroatoms. The highest BCUT2D eigenvalue weighted by atomic mass is 16.7. The van der Waals surface area contributed by atoms with Gasteiger partial charge in [0.15, 0.2) is 0 Å². The maximum Gasteiger partial charge on any atom is 0.243 e. The maximum atomic E-state index is 11.4. The van der Waals surface area contributed by atoms with Gasteiger partial charge in [0.05, 0.1) is 11.7 Å². The molecule has 0 aromatic rings. The number of nitrogens with one attached hydrogen (secondary N) is 1. The first-order valence-electron chi connectivity index (χ1n) is 5.56. The van der Waals surface area contributed by atoms with Gasteiger partial charge in [-0.1, -0.05) is 0 Å². The Morgan fingerprint density at radius 3 is 2.80 bits per heavy atom. The summed E-state index contributed by atoms with van der Waals surface area (Å²) in [5.74, 6) is -0.0691. The second kappa shape index (κ2) is 5.47. The van der Waals surface area contributed by atoms with Crippen molar-refractivity contribution in [3.63, 3.8) is 0 Å². The molecule has 1 saturated heterocycles. The number of hydroxylamine groups is 1. The Labute approximate surface area is 91.3 Å². The third kappa shape index (κ3) is 5.74. The molecule has 0 aromatic heterocycles. The van der Waals surface area contributed by atoms with Crippen molar-refractivity contribution < 1.29 is 14.4 Å². The van der Waals surface area contributed by atoms with Gasteiger partial charge in [0.25, 0.3) is 0 Å². The lowest BCUT2D eigenvalue weighted by molar-refractivity contribution is -0.146. The Bertz CT molecular complexity index is 204. The lowest BCUT2D eigenvalue weighted by atomic mass is 10.1. The summed E-state index contributed by atoms with van der Waals surface area (Å²) in [6.45, 7) is 6.53. The zero-order valence-corrected chi connectivity index (χ0v) is 9.84. The monoisotopic (exact) mass is 215 g/mol. The zero-order chi connectivity index (χ0) is 11.3. The second-order valence-corrected chi connectivity index (χ2v) is 4.91. The van der Waals surface area contributed by atoms with Gasteiger partial charge in [-0.05, 0) is 40.0 Å². The molecular formula is C11H21NO3. The largest absolute Gasteiger partial charge is 0.378 e. The molecule has 1 atom stereocenters. The summed E-state index contributed by atoms with van der Waals surface area (Å²) in [6, 6.07) is 0. The smallest absolute Gasteiger partial charge is 0.243 e. The Morgan fingerprint density at radius 2 is 2.27 bits per heavy atom. The molecule has 0 spiro atoms. The summed E-state index contributed by atoms with van der Waals surface area (Å²) in [7, 11) is 0. The minimum Gasteiger partial charge on any atom is -0.378 e. The van der Waals surface area contributed by atoms with Crippen LogP contribution in [0.5, 0.6) is 0 Å². The van der Waals surface area contributed by atoms with Crippen LogP contribution in [-0.4, -0.2) is 24.2 Å². The fraction of sp³-hybridized carbons (Fsp3) is 0.909. The minimum atomic E-state index is -0.334. The summed E-state index contributed by atoms with van der Waals surface area (Å²) < 4.78 is 5.43. The predicted octanol–water partition coefficient (Wildman–Crippen LogP) is 1.79. The normalized spacial score (nSPS) is 21.7. The van der Waals surface area contributed by atoms with Gasteiger partial charge in [0.2, 0.25) is 5.91 Å². The summed E-state index contributed by atoms with van der Waals surface area (Å²) in [6.07, 6.45) is 3.73. The average molecular weight is 215 g/mol. The lowest BCUT2D eigenvalue weighted by Gasteiger charge is -2.19. The molecular weight excluding hydrogens is 194 g/mol. The molecule has 1 N–H and O–H groups in total. The number of rotatable bonds is 4. The molecule has 1 amide bonds. The molecule has 0 saturated carbocycles. The highest BCUT2D eigenvalue weighted by Crippen LogP contribution is 2.16. The number of carbonyl (C=O) groups is 1. The van der Waals surface area contributed by atoms with Crippen LogP contribution in [0.3, 0.4) is 0 Å². The quantitative estimate of drug-likeness (QED) is 0.727. The number of carbonyl (C=O) groups excluding carboxylic acids is 1. The first kappa shape index (κ1) is 12.5. The molecule has 1 heterocycles. The van der Waals surface area contributed by atoms with Gasteiger partial charge >= 0.3 is 0 Å². The van der Waals surface area contributed by atoms with E-state index in [0.29, 0.717) is 6.42 Å². The summed E-state index contributed by atoms with van der Waals surface area (Å²) >= 11 is 0. The molecule has 0 aromatic carbocycles. The number of hydrogen-bond donors (Lipinski definition) is 1. The molecule has 1 unspecified atom stereocenters. The molecule has 0 radical (unpaired) electrons. The fourth-order valence-corrected chi connectivity index (χ4v) is 1.43. The van der Waals surface area contributed by atoms with Crippen molar-refractivity contribution in [1.29, 1.82) is 0 Å². The van der Waals surface area contributed by atoms with Crippen LogP contribution in [-0.2, 0) is 14.4 Å². The highest BCUT2D eigenvalue weighted by molar-refractivity contribution is 5.74. The molecule has 1 rings (SSSR count).